The predicted molar refractivity (Wildman–Crippen MR) is 167 cm³/mol. The summed E-state index contributed by atoms with van der Waals surface area (Å²) in [5.74, 6) is -0.662. The molecule has 0 saturated heterocycles. The van der Waals surface area contributed by atoms with Gasteiger partial charge in [-0.2, -0.15) is 4.31 Å². The van der Waals surface area contributed by atoms with Gasteiger partial charge in [0.25, 0.3) is 5.91 Å². The van der Waals surface area contributed by atoms with Crippen LogP contribution in [0.15, 0.2) is 102 Å². The van der Waals surface area contributed by atoms with Crippen LogP contribution in [0.3, 0.4) is 0 Å². The normalized spacial score (nSPS) is 14.6. The van der Waals surface area contributed by atoms with E-state index >= 15 is 0 Å². The van der Waals surface area contributed by atoms with E-state index in [1.54, 1.807) is 42.5 Å². The second-order valence-electron chi connectivity index (χ2n) is 9.71. The van der Waals surface area contributed by atoms with Crippen molar-refractivity contribution < 1.29 is 22.7 Å². The zero-order valence-electron chi connectivity index (χ0n) is 22.6. The molecule has 43 heavy (non-hydrogen) atoms. The number of rotatable bonds is 9. The third-order valence-corrected chi connectivity index (χ3v) is 9.60. The number of ether oxygens (including phenoxy) is 1. The van der Waals surface area contributed by atoms with Gasteiger partial charge in [-0.25, -0.2) is 8.42 Å². The average molecular weight is 659 g/mol. The quantitative estimate of drug-likeness (QED) is 0.240. The molecule has 12 heteroatoms. The molecule has 2 amide bonds. The van der Waals surface area contributed by atoms with Crippen LogP contribution in [0, 0.1) is 0 Å². The number of nitrogens with one attached hydrogen (secondary N) is 1. The van der Waals surface area contributed by atoms with Crippen LogP contribution in [-0.2, 0) is 32.7 Å². The van der Waals surface area contributed by atoms with Crippen molar-refractivity contribution in [3.8, 4) is 5.75 Å². The first-order chi connectivity index (χ1) is 20.6. The Morgan fingerprint density at radius 2 is 1.51 bits per heavy atom. The van der Waals surface area contributed by atoms with Crippen LogP contribution < -0.4 is 15.0 Å². The van der Waals surface area contributed by atoms with Crippen LogP contribution in [-0.4, -0.2) is 43.7 Å². The fourth-order valence-corrected chi connectivity index (χ4v) is 6.58. The van der Waals surface area contributed by atoms with Crippen molar-refractivity contribution in [2.45, 2.75) is 24.1 Å². The first-order valence-corrected chi connectivity index (χ1v) is 15.8. The molecule has 1 unspecified atom stereocenters. The minimum atomic E-state index is -4.23. The van der Waals surface area contributed by atoms with E-state index < -0.39 is 34.5 Å². The van der Waals surface area contributed by atoms with Gasteiger partial charge in [-0.05, 0) is 54.1 Å². The van der Waals surface area contributed by atoms with E-state index in [4.69, 9.17) is 39.5 Å². The summed E-state index contributed by atoms with van der Waals surface area (Å²) < 4.78 is 34.7. The van der Waals surface area contributed by atoms with Crippen LogP contribution in [0.25, 0.3) is 0 Å². The fourth-order valence-electron chi connectivity index (χ4n) is 4.58. The van der Waals surface area contributed by atoms with E-state index in [0.29, 0.717) is 22.0 Å². The molecular formula is C31H26Cl3N3O5S. The minimum absolute atomic E-state index is 0.0616. The molecule has 1 atom stereocenters. The highest BCUT2D eigenvalue weighted by Gasteiger charge is 2.36. The molecule has 0 saturated carbocycles. The highest BCUT2D eigenvalue weighted by molar-refractivity contribution is 7.89. The molecule has 5 rings (SSSR count). The van der Waals surface area contributed by atoms with Crippen LogP contribution in [0.4, 0.5) is 5.69 Å². The molecule has 1 aliphatic heterocycles. The molecule has 4 aromatic rings. The van der Waals surface area contributed by atoms with Gasteiger partial charge >= 0.3 is 0 Å². The third kappa shape index (κ3) is 7.14. The van der Waals surface area contributed by atoms with Crippen molar-refractivity contribution in [3.63, 3.8) is 0 Å². The molecule has 0 fully saturated rings. The monoisotopic (exact) mass is 657 g/mol. The lowest BCUT2D eigenvalue weighted by molar-refractivity contribution is -0.128. The number of halogens is 3. The maximum atomic E-state index is 14.0. The first-order valence-electron chi connectivity index (χ1n) is 13.2. The van der Waals surface area contributed by atoms with Crippen molar-refractivity contribution in [1.29, 1.82) is 0 Å². The summed E-state index contributed by atoms with van der Waals surface area (Å²) in [6.45, 7) is -0.694. The second-order valence-corrected chi connectivity index (χ2v) is 12.9. The molecule has 0 spiro atoms. The van der Waals surface area contributed by atoms with Crippen molar-refractivity contribution in [2.75, 3.05) is 18.0 Å². The number of para-hydroxylation sites is 2. The zero-order valence-corrected chi connectivity index (χ0v) is 25.7. The molecule has 0 radical (unpaired) electrons. The third-order valence-electron chi connectivity index (χ3n) is 6.84. The molecule has 0 aromatic heterocycles. The van der Waals surface area contributed by atoms with E-state index in [1.807, 2.05) is 30.3 Å². The maximum Gasteiger partial charge on any atom is 0.263 e. The first kappa shape index (κ1) is 30.8. The van der Waals surface area contributed by atoms with Crippen molar-refractivity contribution in [2.24, 2.45) is 0 Å². The Bertz CT molecular complexity index is 1720. The molecular weight excluding hydrogens is 633 g/mol. The lowest BCUT2D eigenvalue weighted by Crippen LogP contribution is -2.52. The number of benzene rings is 4. The van der Waals surface area contributed by atoms with E-state index in [1.165, 1.54) is 29.2 Å². The number of anilines is 1. The summed E-state index contributed by atoms with van der Waals surface area (Å²) in [5.41, 5.74) is 1.66. The molecule has 1 aliphatic rings. The highest BCUT2D eigenvalue weighted by atomic mass is 35.5. The van der Waals surface area contributed by atoms with Crippen molar-refractivity contribution >= 4 is 62.3 Å². The maximum absolute atomic E-state index is 14.0. The molecule has 0 aliphatic carbocycles. The van der Waals surface area contributed by atoms with Crippen LogP contribution in [0.5, 0.6) is 5.75 Å². The van der Waals surface area contributed by atoms with Crippen molar-refractivity contribution in [1.82, 2.24) is 9.62 Å². The smallest absolute Gasteiger partial charge is 0.263 e. The molecule has 8 nitrogen and oxygen atoms in total. The summed E-state index contributed by atoms with van der Waals surface area (Å²) in [7, 11) is -4.23. The minimum Gasteiger partial charge on any atom is -0.477 e. The number of nitrogens with zero attached hydrogens (tertiary/aromatic N) is 2. The van der Waals surface area contributed by atoms with Gasteiger partial charge in [-0.1, -0.05) is 83.3 Å². The summed E-state index contributed by atoms with van der Waals surface area (Å²) in [6, 6.07) is 26.6. The number of hydrogen-bond acceptors (Lipinski definition) is 5. The summed E-state index contributed by atoms with van der Waals surface area (Å²) in [6.07, 6.45) is -1.03. The van der Waals surface area contributed by atoms with Crippen LogP contribution in [0.1, 0.15) is 11.1 Å². The van der Waals surface area contributed by atoms with E-state index in [2.05, 4.69) is 5.32 Å². The summed E-state index contributed by atoms with van der Waals surface area (Å²) in [5, 5.41) is 3.71. The Morgan fingerprint density at radius 1 is 0.860 bits per heavy atom. The molecule has 4 aromatic carbocycles. The Kier molecular flexibility index (Phi) is 9.59. The molecule has 0 bridgehead atoms. The van der Waals surface area contributed by atoms with Gasteiger partial charge in [0, 0.05) is 33.7 Å². The van der Waals surface area contributed by atoms with Crippen LogP contribution >= 0.6 is 34.8 Å². The number of hydrogen-bond donors (Lipinski definition) is 1. The molecule has 222 valence electrons. The largest absolute Gasteiger partial charge is 0.477 e. The predicted octanol–water partition coefficient (Wildman–Crippen LogP) is 5.95. The standard InChI is InChI=1S/C31H26Cl3N3O5S/c32-22-13-15-23(16-14-22)43(40,41)36(18-24-25(33)9-6-10-26(24)34)20-30(38)37-19-29(42-28-12-5-4-11-27(28)37)31(39)35-17-21-7-2-1-3-8-21/h1-16,29H,17-20H2,(H,35,39). The number of amides is 2. The van der Waals surface area contributed by atoms with Gasteiger partial charge in [0.15, 0.2) is 6.10 Å². The lowest BCUT2D eigenvalue weighted by Gasteiger charge is -2.35. The fraction of sp³-hybridized carbons (Fsp3) is 0.161. The molecule has 1 N–H and O–H groups in total. The number of fused-ring (bicyclic) bond motifs is 1. The van der Waals surface area contributed by atoms with Gasteiger partial charge in [0.05, 0.1) is 23.7 Å². The topological polar surface area (TPSA) is 96.0 Å². The highest BCUT2D eigenvalue weighted by Crippen LogP contribution is 2.34. The number of sulfonamides is 1. The van der Waals surface area contributed by atoms with E-state index in [9.17, 15) is 18.0 Å². The van der Waals surface area contributed by atoms with E-state index in [-0.39, 0.29) is 34.6 Å². The van der Waals surface area contributed by atoms with Crippen LogP contribution in [0.2, 0.25) is 15.1 Å². The van der Waals surface area contributed by atoms with Gasteiger partial charge < -0.3 is 15.0 Å². The summed E-state index contributed by atoms with van der Waals surface area (Å²) in [4.78, 5) is 28.4. The van der Waals surface area contributed by atoms with Crippen molar-refractivity contribution in [3.05, 3.63) is 123 Å². The second kappa shape index (κ2) is 13.4. The zero-order chi connectivity index (χ0) is 30.6. The molecule has 1 heterocycles. The summed E-state index contributed by atoms with van der Waals surface area (Å²) >= 11 is 18.8. The lowest BCUT2D eigenvalue weighted by atomic mass is 10.1. The SMILES string of the molecule is O=C(NCc1ccccc1)C1CN(C(=O)CN(Cc2c(Cl)cccc2Cl)S(=O)(=O)c2ccc(Cl)cc2)c2ccccc2O1. The van der Waals surface area contributed by atoms with Gasteiger partial charge in [0.1, 0.15) is 5.75 Å². The van der Waals surface area contributed by atoms with Gasteiger partial charge in [0.2, 0.25) is 15.9 Å². The van der Waals surface area contributed by atoms with E-state index in [0.717, 1.165) is 9.87 Å². The van der Waals surface area contributed by atoms with Gasteiger partial charge in [-0.15, -0.1) is 0 Å². The average Bonchev–Trinajstić information content (AvgIpc) is 3.01. The number of carbonyl (C=O) groups is 2. The van der Waals surface area contributed by atoms with Gasteiger partial charge in [-0.3, -0.25) is 9.59 Å². The Labute approximate surface area is 264 Å². The Balaban J connectivity index is 1.43. The Hall–Kier alpha value is -3.60. The number of carbonyl (C=O) groups excluding carboxylic acids is 2. The Morgan fingerprint density at radius 3 is 2.21 bits per heavy atom.